The van der Waals surface area contributed by atoms with Gasteiger partial charge in [-0.15, -0.1) is 10.2 Å². The number of sulfonamides is 1. The molecule has 176 valence electrons. The molecule has 1 aromatic carbocycles. The van der Waals surface area contributed by atoms with Gasteiger partial charge in [0.15, 0.2) is 11.0 Å². The lowest BCUT2D eigenvalue weighted by Gasteiger charge is -2.16. The van der Waals surface area contributed by atoms with Gasteiger partial charge in [-0.3, -0.25) is 14.2 Å². The summed E-state index contributed by atoms with van der Waals surface area (Å²) in [4.78, 5) is 12.3. The zero-order valence-corrected chi connectivity index (χ0v) is 18.2. The second-order valence-electron chi connectivity index (χ2n) is 6.58. The fourth-order valence-corrected chi connectivity index (χ4v) is 3.75. The Kier molecular flexibility index (Phi) is 7.17. The van der Waals surface area contributed by atoms with E-state index < -0.39 is 46.2 Å². The third-order valence-corrected chi connectivity index (χ3v) is 5.85. The quantitative estimate of drug-likeness (QED) is 0.442. The highest BCUT2D eigenvalue weighted by molar-refractivity contribution is 7.92. The first-order valence-electron chi connectivity index (χ1n) is 9.06. The van der Waals surface area contributed by atoms with Gasteiger partial charge in [0.05, 0.1) is 4.90 Å². The van der Waals surface area contributed by atoms with Crippen LogP contribution in [-0.2, 0) is 14.8 Å². The average Bonchev–Trinajstić information content (AvgIpc) is 3.21. The molecule has 9 nitrogen and oxygen atoms in total. The molecule has 3 aromatic rings. The van der Waals surface area contributed by atoms with Crippen LogP contribution in [0.2, 0.25) is 5.15 Å². The maximum atomic E-state index is 13.2. The van der Waals surface area contributed by atoms with Crippen molar-refractivity contribution in [3.63, 3.8) is 0 Å². The highest BCUT2D eigenvalue weighted by Gasteiger charge is 2.27. The first kappa shape index (κ1) is 24.4. The monoisotopic (exact) mass is 506 g/mol. The molecule has 1 atom stereocenters. The van der Waals surface area contributed by atoms with Crippen LogP contribution < -0.4 is 10.0 Å². The number of alkyl halides is 4. The second kappa shape index (κ2) is 9.70. The second-order valence-corrected chi connectivity index (χ2v) is 8.65. The van der Waals surface area contributed by atoms with Crippen molar-refractivity contribution in [2.45, 2.75) is 30.7 Å². The number of anilines is 2. The van der Waals surface area contributed by atoms with Crippen LogP contribution >= 0.6 is 11.6 Å². The zero-order chi connectivity index (χ0) is 24.3. The number of nitrogens with zero attached hydrogens (tertiary/aromatic N) is 4. The predicted octanol–water partition coefficient (Wildman–Crippen LogP) is 4.20. The topological polar surface area (TPSA) is 119 Å². The summed E-state index contributed by atoms with van der Waals surface area (Å²) in [6, 6.07) is 6.72. The van der Waals surface area contributed by atoms with Gasteiger partial charge in [-0.25, -0.2) is 26.0 Å². The van der Waals surface area contributed by atoms with Crippen molar-refractivity contribution in [1.29, 1.82) is 0 Å². The molecule has 1 amide bonds. The summed E-state index contributed by atoms with van der Waals surface area (Å²) in [7, 11) is -4.03. The van der Waals surface area contributed by atoms with Crippen molar-refractivity contribution >= 4 is 39.0 Å². The lowest BCUT2D eigenvalue weighted by atomic mass is 10.2. The number of amides is 1. The van der Waals surface area contributed by atoms with Crippen molar-refractivity contribution in [2.24, 2.45) is 0 Å². The molecular formula is C18H15ClF4N6O3S. The summed E-state index contributed by atoms with van der Waals surface area (Å²) in [6.07, 6.45) is -6.21. The van der Waals surface area contributed by atoms with E-state index >= 15 is 0 Å². The SMILES string of the molecule is CC(C(=O)Nc1ccc(S(=O)(=O)Nc2ccc(Cl)nn2)cc1)n1nc(C(F)F)cc1C(F)F. The first-order chi connectivity index (χ1) is 15.5. The van der Waals surface area contributed by atoms with Crippen molar-refractivity contribution in [3.05, 3.63) is 59.0 Å². The number of benzene rings is 1. The number of nitrogens with one attached hydrogen (secondary N) is 2. The lowest BCUT2D eigenvalue weighted by molar-refractivity contribution is -0.119. The fourth-order valence-electron chi connectivity index (χ4n) is 2.65. The Balaban J connectivity index is 1.73. The number of rotatable bonds is 8. The largest absolute Gasteiger partial charge is 0.324 e. The molecule has 2 aromatic heterocycles. The van der Waals surface area contributed by atoms with Gasteiger partial charge in [-0.05, 0) is 49.4 Å². The molecule has 2 N–H and O–H groups in total. The molecule has 0 saturated heterocycles. The van der Waals surface area contributed by atoms with E-state index in [9.17, 15) is 30.8 Å². The van der Waals surface area contributed by atoms with Gasteiger partial charge in [0.2, 0.25) is 5.91 Å². The van der Waals surface area contributed by atoms with Crippen LogP contribution in [0, 0.1) is 0 Å². The van der Waals surface area contributed by atoms with E-state index in [1.807, 2.05) is 0 Å². The van der Waals surface area contributed by atoms with Gasteiger partial charge in [0, 0.05) is 5.69 Å². The van der Waals surface area contributed by atoms with Crippen LogP contribution in [0.1, 0.15) is 37.2 Å². The van der Waals surface area contributed by atoms with Crippen molar-refractivity contribution in [1.82, 2.24) is 20.0 Å². The lowest BCUT2D eigenvalue weighted by Crippen LogP contribution is -2.26. The minimum Gasteiger partial charge on any atom is -0.324 e. The Morgan fingerprint density at radius 2 is 1.70 bits per heavy atom. The third kappa shape index (κ3) is 5.76. The molecule has 0 fully saturated rings. The van der Waals surface area contributed by atoms with E-state index in [4.69, 9.17) is 11.6 Å². The summed E-state index contributed by atoms with van der Waals surface area (Å²) < 4.78 is 79.6. The van der Waals surface area contributed by atoms with E-state index in [0.717, 1.165) is 0 Å². The van der Waals surface area contributed by atoms with Gasteiger partial charge in [-0.2, -0.15) is 5.10 Å². The Morgan fingerprint density at radius 1 is 1.03 bits per heavy atom. The minimum atomic E-state index is -4.03. The number of hydrogen-bond acceptors (Lipinski definition) is 6. The average molecular weight is 507 g/mol. The Labute approximate surface area is 189 Å². The molecule has 2 heterocycles. The number of hydrogen-bond donors (Lipinski definition) is 2. The van der Waals surface area contributed by atoms with Gasteiger partial charge in [0.25, 0.3) is 22.9 Å². The van der Waals surface area contributed by atoms with Gasteiger partial charge in [0.1, 0.15) is 17.4 Å². The molecule has 0 bridgehead atoms. The number of aromatic nitrogens is 4. The van der Waals surface area contributed by atoms with Crippen molar-refractivity contribution in [3.8, 4) is 0 Å². The normalized spacial score (nSPS) is 12.7. The van der Waals surface area contributed by atoms with Crippen LogP contribution in [0.15, 0.2) is 47.4 Å². The smallest absolute Gasteiger partial charge is 0.282 e. The summed E-state index contributed by atoms with van der Waals surface area (Å²) in [5, 5.41) is 13.0. The molecule has 1 unspecified atom stereocenters. The molecule has 0 radical (unpaired) electrons. The molecule has 15 heteroatoms. The summed E-state index contributed by atoms with van der Waals surface area (Å²) in [5.41, 5.74) is -1.57. The van der Waals surface area contributed by atoms with E-state index in [0.29, 0.717) is 10.7 Å². The predicted molar refractivity (Wildman–Crippen MR) is 110 cm³/mol. The molecule has 33 heavy (non-hydrogen) atoms. The van der Waals surface area contributed by atoms with Gasteiger partial charge >= 0.3 is 0 Å². The number of carbonyl (C=O) groups excluding carboxylic acids is 1. The van der Waals surface area contributed by atoms with Crippen molar-refractivity contribution in [2.75, 3.05) is 10.0 Å². The molecule has 0 saturated carbocycles. The van der Waals surface area contributed by atoms with Crippen molar-refractivity contribution < 1.29 is 30.8 Å². The zero-order valence-electron chi connectivity index (χ0n) is 16.6. The van der Waals surface area contributed by atoms with Crippen LogP contribution in [0.5, 0.6) is 0 Å². The van der Waals surface area contributed by atoms with Crippen LogP contribution in [0.25, 0.3) is 0 Å². The Bertz CT molecular complexity index is 1240. The molecule has 0 aliphatic heterocycles. The minimum absolute atomic E-state index is 0.0668. The maximum absolute atomic E-state index is 13.2. The molecule has 3 rings (SSSR count). The molecule has 0 aliphatic rings. The van der Waals surface area contributed by atoms with Crippen LogP contribution in [0.4, 0.5) is 29.1 Å². The molecule has 0 aliphatic carbocycles. The summed E-state index contributed by atoms with van der Waals surface area (Å²) in [5.74, 6) is -0.895. The number of halogens is 5. The molecule has 0 spiro atoms. The number of carbonyl (C=O) groups is 1. The standard InChI is InChI=1S/C18H15ClF4N6O3S/c1-9(29-13(17(22)23)8-12(27-29)16(20)21)18(30)24-10-2-4-11(5-3-10)33(31,32)28-15-7-6-14(19)25-26-15/h2-9,16-17H,1H3,(H,24,30)(H,26,28). The maximum Gasteiger partial charge on any atom is 0.282 e. The van der Waals surface area contributed by atoms with E-state index in [1.54, 1.807) is 0 Å². The fraction of sp³-hybridized carbons (Fsp3) is 0.222. The highest BCUT2D eigenvalue weighted by Crippen LogP contribution is 2.28. The third-order valence-electron chi connectivity index (χ3n) is 4.28. The summed E-state index contributed by atoms with van der Waals surface area (Å²) in [6.45, 7) is 1.21. The van der Waals surface area contributed by atoms with Crippen LogP contribution in [-0.4, -0.2) is 34.3 Å². The van der Waals surface area contributed by atoms with E-state index in [2.05, 4.69) is 25.3 Å². The van der Waals surface area contributed by atoms with Gasteiger partial charge < -0.3 is 5.32 Å². The van der Waals surface area contributed by atoms with Gasteiger partial charge in [-0.1, -0.05) is 11.6 Å². The van der Waals surface area contributed by atoms with E-state index in [1.165, 1.54) is 43.3 Å². The van der Waals surface area contributed by atoms with E-state index in [-0.39, 0.29) is 21.6 Å². The Morgan fingerprint density at radius 3 is 2.24 bits per heavy atom. The first-order valence-corrected chi connectivity index (χ1v) is 10.9. The van der Waals surface area contributed by atoms with Crippen LogP contribution in [0.3, 0.4) is 0 Å². The molecular weight excluding hydrogens is 492 g/mol. The Hall–Kier alpha value is -3.26. The summed E-state index contributed by atoms with van der Waals surface area (Å²) >= 11 is 5.60. The highest BCUT2D eigenvalue weighted by atomic mass is 35.5.